The van der Waals surface area contributed by atoms with Crippen molar-refractivity contribution < 1.29 is 4.79 Å². The zero-order valence-electron chi connectivity index (χ0n) is 9.99. The van der Waals surface area contributed by atoms with Crippen molar-refractivity contribution in [2.75, 3.05) is 6.54 Å². The molecular weight excluding hydrogens is 198 g/mol. The summed E-state index contributed by atoms with van der Waals surface area (Å²) in [6.07, 6.45) is 1.60. The SMILES string of the molecule is CC(C)C1(c2ccccc2)CCC(=O)NC1. The molecule has 1 aromatic rings. The highest BCUT2D eigenvalue weighted by atomic mass is 16.1. The van der Waals surface area contributed by atoms with Crippen LogP contribution >= 0.6 is 0 Å². The molecule has 1 saturated heterocycles. The van der Waals surface area contributed by atoms with Crippen LogP contribution < -0.4 is 5.32 Å². The molecule has 1 unspecified atom stereocenters. The highest BCUT2D eigenvalue weighted by Crippen LogP contribution is 2.38. The fourth-order valence-electron chi connectivity index (χ4n) is 2.61. The Bertz CT molecular complexity index is 360. The first-order chi connectivity index (χ1) is 7.65. The monoisotopic (exact) mass is 217 g/mol. The van der Waals surface area contributed by atoms with Gasteiger partial charge in [0.1, 0.15) is 0 Å². The quantitative estimate of drug-likeness (QED) is 0.810. The van der Waals surface area contributed by atoms with E-state index < -0.39 is 0 Å². The summed E-state index contributed by atoms with van der Waals surface area (Å²) < 4.78 is 0. The second-order valence-electron chi connectivity index (χ2n) is 4.95. The minimum absolute atomic E-state index is 0.120. The standard InChI is InChI=1S/C14H19NO/c1-11(2)14(9-8-13(16)15-10-14)12-6-4-3-5-7-12/h3-7,11H,8-10H2,1-2H3,(H,15,16). The molecule has 86 valence electrons. The van der Waals surface area contributed by atoms with Gasteiger partial charge in [-0.25, -0.2) is 0 Å². The van der Waals surface area contributed by atoms with E-state index in [0.29, 0.717) is 12.3 Å². The number of carbonyl (C=O) groups excluding carboxylic acids is 1. The number of hydrogen-bond donors (Lipinski definition) is 1. The normalized spacial score (nSPS) is 25.6. The van der Waals surface area contributed by atoms with Crippen molar-refractivity contribution in [2.24, 2.45) is 5.92 Å². The van der Waals surface area contributed by atoms with Gasteiger partial charge < -0.3 is 5.32 Å². The summed E-state index contributed by atoms with van der Waals surface area (Å²) in [5.74, 6) is 0.725. The van der Waals surface area contributed by atoms with Gasteiger partial charge >= 0.3 is 0 Å². The van der Waals surface area contributed by atoms with Crippen LogP contribution in [0.2, 0.25) is 0 Å². The molecule has 2 rings (SSSR count). The Morgan fingerprint density at radius 2 is 1.94 bits per heavy atom. The van der Waals surface area contributed by atoms with Gasteiger partial charge in [-0.15, -0.1) is 0 Å². The van der Waals surface area contributed by atoms with Crippen molar-refractivity contribution in [3.63, 3.8) is 0 Å². The third-order valence-corrected chi connectivity index (χ3v) is 3.85. The predicted octanol–water partition coefficient (Wildman–Crippen LogP) is 2.49. The Kier molecular flexibility index (Phi) is 2.99. The molecule has 2 heteroatoms. The van der Waals surface area contributed by atoms with Gasteiger partial charge in [-0.2, -0.15) is 0 Å². The second kappa shape index (κ2) is 4.28. The molecule has 1 aliphatic heterocycles. The lowest BCUT2D eigenvalue weighted by Gasteiger charge is -2.41. The molecule has 1 fully saturated rings. The summed E-state index contributed by atoms with van der Waals surface area (Å²) in [6.45, 7) is 5.25. The molecular formula is C14H19NO. The van der Waals surface area contributed by atoms with E-state index in [1.165, 1.54) is 5.56 Å². The van der Waals surface area contributed by atoms with Crippen molar-refractivity contribution in [2.45, 2.75) is 32.1 Å². The molecule has 0 radical (unpaired) electrons. The van der Waals surface area contributed by atoms with Gasteiger partial charge in [0.05, 0.1) is 0 Å². The van der Waals surface area contributed by atoms with Crippen LogP contribution in [-0.4, -0.2) is 12.5 Å². The first kappa shape index (κ1) is 11.2. The molecule has 1 heterocycles. The number of benzene rings is 1. The lowest BCUT2D eigenvalue weighted by Crippen LogP contribution is -2.49. The van der Waals surface area contributed by atoms with Crippen LogP contribution in [0.1, 0.15) is 32.3 Å². The summed E-state index contributed by atoms with van der Waals surface area (Å²) in [6, 6.07) is 10.6. The zero-order chi connectivity index (χ0) is 11.6. The minimum Gasteiger partial charge on any atom is -0.355 e. The lowest BCUT2D eigenvalue weighted by atomic mass is 9.67. The summed E-state index contributed by atoms with van der Waals surface area (Å²) in [5, 5.41) is 3.01. The molecule has 0 aromatic heterocycles. The molecule has 0 saturated carbocycles. The Morgan fingerprint density at radius 1 is 1.25 bits per heavy atom. The lowest BCUT2D eigenvalue weighted by molar-refractivity contribution is -0.123. The smallest absolute Gasteiger partial charge is 0.220 e. The molecule has 0 aliphatic carbocycles. The van der Waals surface area contributed by atoms with Gasteiger partial charge in [0, 0.05) is 18.4 Å². The van der Waals surface area contributed by atoms with E-state index in [9.17, 15) is 4.79 Å². The van der Waals surface area contributed by atoms with Crippen LogP contribution in [0.5, 0.6) is 0 Å². The van der Waals surface area contributed by atoms with Crippen molar-refractivity contribution in [1.82, 2.24) is 5.32 Å². The second-order valence-corrected chi connectivity index (χ2v) is 4.95. The molecule has 1 atom stereocenters. The molecule has 1 amide bonds. The fourth-order valence-corrected chi connectivity index (χ4v) is 2.61. The van der Waals surface area contributed by atoms with E-state index >= 15 is 0 Å². The Balaban J connectivity index is 2.33. The third kappa shape index (κ3) is 1.84. The highest BCUT2D eigenvalue weighted by Gasteiger charge is 2.38. The summed E-state index contributed by atoms with van der Waals surface area (Å²) in [7, 11) is 0. The molecule has 0 spiro atoms. The van der Waals surface area contributed by atoms with E-state index in [1.54, 1.807) is 0 Å². The largest absolute Gasteiger partial charge is 0.355 e. The fraction of sp³-hybridized carbons (Fsp3) is 0.500. The molecule has 2 nitrogen and oxygen atoms in total. The maximum atomic E-state index is 11.3. The zero-order valence-corrected chi connectivity index (χ0v) is 9.99. The summed E-state index contributed by atoms with van der Waals surface area (Å²) in [5.41, 5.74) is 1.47. The van der Waals surface area contributed by atoms with Crippen LogP contribution in [-0.2, 0) is 10.2 Å². The molecule has 1 N–H and O–H groups in total. The van der Waals surface area contributed by atoms with Crippen molar-refractivity contribution in [1.29, 1.82) is 0 Å². The summed E-state index contributed by atoms with van der Waals surface area (Å²) in [4.78, 5) is 11.3. The van der Waals surface area contributed by atoms with Crippen LogP contribution in [0.25, 0.3) is 0 Å². The van der Waals surface area contributed by atoms with Crippen molar-refractivity contribution in [3.05, 3.63) is 35.9 Å². The maximum absolute atomic E-state index is 11.3. The van der Waals surface area contributed by atoms with Crippen LogP contribution in [0, 0.1) is 5.92 Å². The Hall–Kier alpha value is -1.31. The van der Waals surface area contributed by atoms with Crippen molar-refractivity contribution in [3.8, 4) is 0 Å². The predicted molar refractivity (Wildman–Crippen MR) is 65.2 cm³/mol. The van der Waals surface area contributed by atoms with Gasteiger partial charge in [0.15, 0.2) is 0 Å². The number of nitrogens with one attached hydrogen (secondary N) is 1. The van der Waals surface area contributed by atoms with Crippen molar-refractivity contribution >= 4 is 5.91 Å². The third-order valence-electron chi connectivity index (χ3n) is 3.85. The first-order valence-corrected chi connectivity index (χ1v) is 5.97. The molecule has 1 aromatic carbocycles. The van der Waals surface area contributed by atoms with Gasteiger partial charge in [-0.05, 0) is 17.9 Å². The van der Waals surface area contributed by atoms with E-state index in [4.69, 9.17) is 0 Å². The van der Waals surface area contributed by atoms with Gasteiger partial charge in [-0.1, -0.05) is 44.2 Å². The highest BCUT2D eigenvalue weighted by molar-refractivity contribution is 5.77. The number of piperidine rings is 1. The Labute approximate surface area is 97.1 Å². The maximum Gasteiger partial charge on any atom is 0.220 e. The topological polar surface area (TPSA) is 29.1 Å². The average Bonchev–Trinajstić information content (AvgIpc) is 2.31. The minimum atomic E-state index is 0.120. The molecule has 16 heavy (non-hydrogen) atoms. The van der Waals surface area contributed by atoms with Crippen LogP contribution in [0.15, 0.2) is 30.3 Å². The number of rotatable bonds is 2. The molecule has 1 aliphatic rings. The van der Waals surface area contributed by atoms with Crippen LogP contribution in [0.4, 0.5) is 0 Å². The molecule has 0 bridgehead atoms. The average molecular weight is 217 g/mol. The van der Waals surface area contributed by atoms with Crippen LogP contribution in [0.3, 0.4) is 0 Å². The van der Waals surface area contributed by atoms with Gasteiger partial charge in [0.2, 0.25) is 5.91 Å². The van der Waals surface area contributed by atoms with E-state index in [2.05, 4.69) is 43.4 Å². The summed E-state index contributed by atoms with van der Waals surface area (Å²) >= 11 is 0. The van der Waals surface area contributed by atoms with Gasteiger partial charge in [0.25, 0.3) is 0 Å². The first-order valence-electron chi connectivity index (χ1n) is 5.97. The number of hydrogen-bond acceptors (Lipinski definition) is 1. The van der Waals surface area contributed by atoms with E-state index in [-0.39, 0.29) is 11.3 Å². The number of carbonyl (C=O) groups is 1. The number of amides is 1. The van der Waals surface area contributed by atoms with Gasteiger partial charge in [-0.3, -0.25) is 4.79 Å². The Morgan fingerprint density at radius 3 is 2.44 bits per heavy atom. The van der Waals surface area contributed by atoms with E-state index in [1.807, 2.05) is 6.07 Å². The van der Waals surface area contributed by atoms with E-state index in [0.717, 1.165) is 13.0 Å².